The van der Waals surface area contributed by atoms with Crippen LogP contribution < -0.4 is 4.46 Å². The predicted molar refractivity (Wildman–Crippen MR) is 126 cm³/mol. The van der Waals surface area contributed by atoms with Crippen LogP contribution in [0.5, 0.6) is 0 Å². The normalized spacial score (nSPS) is 18.2. The molecular weight excluding hydrogens is 511 g/mol. The van der Waals surface area contributed by atoms with Gasteiger partial charge in [-0.1, -0.05) is 0 Å². The molecule has 1 saturated carbocycles. The van der Waals surface area contributed by atoms with Gasteiger partial charge in [0.25, 0.3) is 0 Å². The van der Waals surface area contributed by atoms with Gasteiger partial charge in [0.1, 0.15) is 0 Å². The Morgan fingerprint density at radius 2 is 1.06 bits per heavy atom. The summed E-state index contributed by atoms with van der Waals surface area (Å²) in [4.78, 5) is 12.1. The third-order valence-electron chi connectivity index (χ3n) is 5.66. The van der Waals surface area contributed by atoms with Gasteiger partial charge in [0.15, 0.2) is 0 Å². The van der Waals surface area contributed by atoms with Crippen molar-refractivity contribution < 1.29 is 21.6 Å². The molecule has 3 aromatic carbocycles. The fourth-order valence-electron chi connectivity index (χ4n) is 4.19. The molecule has 1 atom stereocenters. The maximum absolute atomic E-state index is 14.5. The van der Waals surface area contributed by atoms with Crippen LogP contribution in [-0.2, 0) is 21.3 Å². The Morgan fingerprint density at radius 3 is 1.50 bits per heavy atom. The van der Waals surface area contributed by atoms with Crippen LogP contribution in [0.4, 0.5) is 0 Å². The molecule has 0 aromatic heterocycles. The third kappa shape index (κ3) is 3.55. The molecule has 0 saturated heterocycles. The molecule has 32 heavy (non-hydrogen) atoms. The van der Waals surface area contributed by atoms with E-state index in [2.05, 4.69) is 0 Å². The first-order valence-electron chi connectivity index (χ1n) is 10.3. The standard InChI is InChI=1S/C24H24O5S2Se/c25-23-18-10-11-19-24(23)32(22-16-8-3-9-17-22,30(26,27)20-12-4-1-5-13-20)31(28,29)21-14-6-2-7-15-21/h1-9,12-17,24H,10-11,18-19H2. The van der Waals surface area contributed by atoms with Crippen molar-refractivity contribution in [1.82, 2.24) is 0 Å². The summed E-state index contributed by atoms with van der Waals surface area (Å²) in [6, 6.07) is 23.6. The van der Waals surface area contributed by atoms with Crippen molar-refractivity contribution in [3.63, 3.8) is 0 Å². The third-order valence-corrected chi connectivity index (χ3v) is 33.9. The first-order valence-corrected chi connectivity index (χ1v) is 19.2. The van der Waals surface area contributed by atoms with E-state index in [9.17, 15) is 21.6 Å². The molecule has 0 bridgehead atoms. The summed E-state index contributed by atoms with van der Waals surface area (Å²) < 4.78 is 58.1. The van der Waals surface area contributed by atoms with Crippen LogP contribution in [0.3, 0.4) is 0 Å². The number of benzene rings is 3. The van der Waals surface area contributed by atoms with Gasteiger partial charge in [0.2, 0.25) is 0 Å². The molecule has 0 aliphatic heterocycles. The van der Waals surface area contributed by atoms with E-state index in [1.165, 1.54) is 24.3 Å². The molecule has 5 nitrogen and oxygen atoms in total. The molecule has 168 valence electrons. The van der Waals surface area contributed by atoms with Crippen LogP contribution in [0.25, 0.3) is 0 Å². The molecule has 0 amide bonds. The number of Topliss-reactive ketones (excluding diaryl/α,β-unsaturated/α-hetero) is 1. The van der Waals surface area contributed by atoms with Gasteiger partial charge in [-0.2, -0.15) is 0 Å². The van der Waals surface area contributed by atoms with Gasteiger partial charge in [-0.15, -0.1) is 0 Å². The summed E-state index contributed by atoms with van der Waals surface area (Å²) in [5, 5.41) is 0. The van der Waals surface area contributed by atoms with Gasteiger partial charge in [0.05, 0.1) is 0 Å². The molecule has 0 heterocycles. The zero-order valence-electron chi connectivity index (χ0n) is 17.3. The van der Waals surface area contributed by atoms with Crippen molar-refractivity contribution in [3.05, 3.63) is 91.0 Å². The van der Waals surface area contributed by atoms with Crippen LogP contribution in [0.1, 0.15) is 25.7 Å². The molecule has 0 N–H and O–H groups in total. The van der Waals surface area contributed by atoms with Gasteiger partial charge in [-0.05, 0) is 0 Å². The summed E-state index contributed by atoms with van der Waals surface area (Å²) in [6.07, 6.45) is 1.72. The Labute approximate surface area is 189 Å². The fourth-order valence-corrected chi connectivity index (χ4v) is 33.8. The van der Waals surface area contributed by atoms with Crippen LogP contribution in [0.2, 0.25) is 4.82 Å². The second kappa shape index (κ2) is 8.94. The van der Waals surface area contributed by atoms with E-state index in [-0.39, 0.29) is 32.9 Å². The number of carbonyl (C=O) groups is 1. The van der Waals surface area contributed by atoms with Crippen LogP contribution in [-0.4, -0.2) is 33.2 Å². The summed E-state index contributed by atoms with van der Waals surface area (Å²) in [5.74, 6) is -0.265. The van der Waals surface area contributed by atoms with Crippen molar-refractivity contribution in [3.8, 4) is 0 Å². The molecule has 1 aliphatic carbocycles. The predicted octanol–water partition coefficient (Wildman–Crippen LogP) is 3.80. The second-order valence-electron chi connectivity index (χ2n) is 7.59. The SMILES string of the molecule is O=C1CCCCC1[Se](c1ccccc1)(S(=O)(=O)c1ccccc1)S(=O)(=O)c1ccccc1. The summed E-state index contributed by atoms with van der Waals surface area (Å²) in [7, 11) is -13.8. The number of hydrogen-bond donors (Lipinski definition) is 0. The molecule has 1 aliphatic rings. The molecule has 1 unspecified atom stereocenters. The van der Waals surface area contributed by atoms with Crippen molar-refractivity contribution in [2.24, 2.45) is 0 Å². The van der Waals surface area contributed by atoms with E-state index in [0.717, 1.165) is 0 Å². The molecular formula is C24H24O5S2Se. The van der Waals surface area contributed by atoms with E-state index in [0.29, 0.717) is 12.8 Å². The molecule has 3 aromatic rings. The molecule has 1 fully saturated rings. The van der Waals surface area contributed by atoms with Gasteiger partial charge < -0.3 is 0 Å². The zero-order chi connectivity index (χ0) is 22.8. The fraction of sp³-hybridized carbons (Fsp3) is 0.208. The average molecular weight is 536 g/mol. The Balaban J connectivity index is 2.17. The molecule has 4 rings (SSSR count). The molecule has 0 spiro atoms. The minimum atomic E-state index is -4.95. The van der Waals surface area contributed by atoms with Gasteiger partial charge >= 0.3 is 190 Å². The van der Waals surface area contributed by atoms with Crippen molar-refractivity contribution in [1.29, 1.82) is 0 Å². The number of hydrogen-bond acceptors (Lipinski definition) is 5. The molecule has 8 heteroatoms. The van der Waals surface area contributed by atoms with Crippen molar-refractivity contribution >= 4 is 37.4 Å². The van der Waals surface area contributed by atoms with Crippen LogP contribution >= 0.6 is 0 Å². The maximum atomic E-state index is 14.5. The van der Waals surface area contributed by atoms with Crippen LogP contribution in [0, 0.1) is 0 Å². The van der Waals surface area contributed by atoms with Crippen molar-refractivity contribution in [2.75, 3.05) is 0 Å². The first-order chi connectivity index (χ1) is 15.3. The number of ketones is 1. The summed E-state index contributed by atoms with van der Waals surface area (Å²) in [5.41, 5.74) is 0. The quantitative estimate of drug-likeness (QED) is 0.449. The minimum absolute atomic E-state index is 0.0540. The van der Waals surface area contributed by atoms with Gasteiger partial charge in [-0.3, -0.25) is 0 Å². The summed E-state index contributed by atoms with van der Waals surface area (Å²) in [6.45, 7) is 0. The Hall–Kier alpha value is -2.25. The Kier molecular flexibility index (Phi) is 6.41. The van der Waals surface area contributed by atoms with E-state index in [1.54, 1.807) is 66.7 Å². The Bertz CT molecular complexity index is 1240. The van der Waals surface area contributed by atoms with E-state index in [4.69, 9.17) is 0 Å². The number of rotatable bonds is 6. The average Bonchev–Trinajstić information content (AvgIpc) is 2.82. The zero-order valence-corrected chi connectivity index (χ0v) is 20.7. The van der Waals surface area contributed by atoms with E-state index >= 15 is 0 Å². The Morgan fingerprint density at radius 1 is 0.625 bits per heavy atom. The first kappa shape index (κ1) is 22.9. The second-order valence-corrected chi connectivity index (χ2v) is 26.9. The van der Waals surface area contributed by atoms with Crippen LogP contribution in [0.15, 0.2) is 101 Å². The topological polar surface area (TPSA) is 85.3 Å². The number of carbonyl (C=O) groups excluding carboxylic acids is 1. The molecule has 0 radical (unpaired) electrons. The van der Waals surface area contributed by atoms with E-state index in [1.807, 2.05) is 0 Å². The van der Waals surface area contributed by atoms with Gasteiger partial charge in [-0.25, -0.2) is 0 Å². The van der Waals surface area contributed by atoms with E-state index < -0.39 is 31.9 Å². The summed E-state index contributed by atoms with van der Waals surface area (Å²) >= 11 is 0. The van der Waals surface area contributed by atoms with Crippen molar-refractivity contribution in [2.45, 2.75) is 40.3 Å². The van der Waals surface area contributed by atoms with Gasteiger partial charge in [0, 0.05) is 0 Å². The monoisotopic (exact) mass is 536 g/mol.